The zero-order valence-electron chi connectivity index (χ0n) is 27.9. The van der Waals surface area contributed by atoms with E-state index in [1.807, 2.05) is 169 Å². The summed E-state index contributed by atoms with van der Waals surface area (Å²) >= 11 is 39.5. The van der Waals surface area contributed by atoms with Crippen LogP contribution in [0, 0.1) is 0 Å². The average Bonchev–Trinajstić information content (AvgIpc) is 3.08. The Kier molecular flexibility index (Phi) is 26.9. The van der Waals surface area contributed by atoms with Gasteiger partial charge < -0.3 is 119 Å². The van der Waals surface area contributed by atoms with E-state index in [9.17, 15) is 0 Å². The van der Waals surface area contributed by atoms with Gasteiger partial charge in [-0.15, -0.1) is 0 Å². The molecule has 4 rings (SSSR count). The summed E-state index contributed by atoms with van der Waals surface area (Å²) in [5.41, 5.74) is 4.28. The first-order valence-corrected chi connectivity index (χ1v) is 18.4. The maximum Gasteiger partial charge on any atom is 4.00 e. The molecule has 256 valence electrons. The molecule has 0 atom stereocenters. The van der Waals surface area contributed by atoms with Gasteiger partial charge in [-0.3, -0.25) is 0 Å². The Morgan fingerprint density at radius 1 is 0.367 bits per heavy atom. The molecule has 13 heteroatoms. The van der Waals surface area contributed by atoms with Gasteiger partial charge in [-0.1, -0.05) is 90.1 Å². The van der Waals surface area contributed by atoms with E-state index in [0.717, 1.165) is 48.9 Å². The molecule has 4 aromatic carbocycles. The van der Waals surface area contributed by atoms with E-state index in [0.29, 0.717) is 17.3 Å². The van der Waals surface area contributed by atoms with Crippen molar-refractivity contribution in [3.8, 4) is 0 Å². The maximum absolute atomic E-state index is 4.94. The molecule has 4 nitrogen and oxygen atoms in total. The van der Waals surface area contributed by atoms with Gasteiger partial charge in [0.05, 0.1) is 0 Å². The quantitative estimate of drug-likeness (QED) is 0.0952. The van der Waals surface area contributed by atoms with Crippen LogP contribution in [0.2, 0.25) is 0 Å². The molecule has 0 heterocycles. The first-order chi connectivity index (χ1) is 23.0. The molecule has 0 saturated heterocycles. The van der Waals surface area contributed by atoms with E-state index in [1.54, 1.807) is 0 Å². The molecular formula is C36H40N4PbS8. The zero-order chi connectivity index (χ0) is 35.9. The van der Waals surface area contributed by atoms with Crippen molar-refractivity contribution in [2.24, 2.45) is 0 Å². The largest absolute Gasteiger partial charge is 4.00 e. The monoisotopic (exact) mass is 992 g/mol. The van der Waals surface area contributed by atoms with Crippen LogP contribution in [-0.4, -0.2) is 70.8 Å². The number of para-hydroxylation sites is 4. The molecule has 0 saturated carbocycles. The van der Waals surface area contributed by atoms with Crippen LogP contribution in [0.5, 0.6) is 0 Å². The Morgan fingerprint density at radius 2 is 0.510 bits per heavy atom. The fraction of sp³-hybridized carbons (Fsp3) is 0.222. The van der Waals surface area contributed by atoms with Gasteiger partial charge in [0.1, 0.15) is 0 Å². The molecule has 49 heavy (non-hydrogen) atoms. The molecule has 0 aliphatic rings. The van der Waals surface area contributed by atoms with Gasteiger partial charge in [-0.2, -0.15) is 0 Å². The molecular weight excluding hydrogens is 952 g/mol. The van der Waals surface area contributed by atoms with Crippen LogP contribution < -0.4 is 19.6 Å². The topological polar surface area (TPSA) is 13.0 Å². The van der Waals surface area contributed by atoms with Crippen molar-refractivity contribution in [2.75, 3.05) is 45.8 Å². The Bertz CT molecular complexity index is 1270. The zero-order valence-corrected chi connectivity index (χ0v) is 38.3. The number of benzene rings is 4. The SMILES string of the molecule is CCN(C(=S)[S-])c1ccccc1.CCN(C(=S)[S-])c1ccccc1.CCN(C(=S)[S-])c1ccccc1.CCN(C(=S)[S-])c1ccccc1.[Pb+4]. The standard InChI is InChI=1S/4C9H11NS2.Pb/c4*1-2-10(9(11)12)8-6-4-3-5-7-8;/h4*3-7H,2H2,1H3,(H,11,12);/q;;;;+4/p-4. The summed E-state index contributed by atoms with van der Waals surface area (Å²) in [7, 11) is 0. The normalized spacial score (nSPS) is 9.22. The van der Waals surface area contributed by atoms with Gasteiger partial charge >= 0.3 is 27.3 Å². The summed E-state index contributed by atoms with van der Waals surface area (Å²) in [5.74, 6) is 0. The first kappa shape index (κ1) is 47.2. The molecule has 0 aliphatic carbocycles. The molecule has 0 amide bonds. The van der Waals surface area contributed by atoms with Crippen molar-refractivity contribution in [3.05, 3.63) is 121 Å². The van der Waals surface area contributed by atoms with Crippen molar-refractivity contribution in [3.63, 3.8) is 0 Å². The van der Waals surface area contributed by atoms with Gasteiger partial charge in [0.2, 0.25) is 0 Å². The van der Waals surface area contributed by atoms with Crippen LogP contribution in [0.1, 0.15) is 27.7 Å². The number of nitrogens with zero attached hydrogens (tertiary/aromatic N) is 4. The average molecular weight is 992 g/mol. The molecule has 0 radical (unpaired) electrons. The molecule has 0 aromatic heterocycles. The van der Waals surface area contributed by atoms with Gasteiger partial charge in [0, 0.05) is 48.9 Å². The third kappa shape index (κ3) is 18.3. The molecule has 0 N–H and O–H groups in total. The van der Waals surface area contributed by atoms with Crippen LogP contribution >= 0.6 is 48.9 Å². The molecule has 0 unspecified atom stereocenters. The Labute approximate surface area is 357 Å². The molecule has 0 fully saturated rings. The molecule has 0 spiro atoms. The second-order valence-electron chi connectivity index (χ2n) is 9.38. The fourth-order valence-electron chi connectivity index (χ4n) is 4.10. The summed E-state index contributed by atoms with van der Waals surface area (Å²) in [6, 6.07) is 39.7. The number of hydrogen-bond donors (Lipinski definition) is 0. The number of anilines is 4. The first-order valence-electron chi connectivity index (χ1n) is 15.2. The van der Waals surface area contributed by atoms with E-state index < -0.39 is 0 Å². The Morgan fingerprint density at radius 3 is 0.612 bits per heavy atom. The van der Waals surface area contributed by atoms with E-state index in [2.05, 4.69) is 0 Å². The van der Waals surface area contributed by atoms with Gasteiger partial charge in [-0.05, 0) is 76.2 Å². The summed E-state index contributed by atoms with van der Waals surface area (Å²) in [6.07, 6.45) is 0. The van der Waals surface area contributed by atoms with E-state index >= 15 is 0 Å². The number of hydrogen-bond acceptors (Lipinski definition) is 8. The maximum atomic E-state index is 4.94. The third-order valence-electron chi connectivity index (χ3n) is 6.42. The second kappa shape index (κ2) is 27.9. The smallest absolute Gasteiger partial charge is 0.411 e. The van der Waals surface area contributed by atoms with Gasteiger partial charge in [0.25, 0.3) is 0 Å². The molecule has 4 aromatic rings. The summed E-state index contributed by atoms with van der Waals surface area (Å²) in [6.45, 7) is 11.4. The predicted octanol–water partition coefficient (Wildman–Crippen LogP) is 9.00. The summed E-state index contributed by atoms with van der Waals surface area (Å²) < 4.78 is 2.01. The van der Waals surface area contributed by atoms with Crippen LogP contribution in [-0.2, 0) is 50.5 Å². The van der Waals surface area contributed by atoms with Crippen molar-refractivity contribution in [1.29, 1.82) is 0 Å². The number of thiocarbonyl (C=S) groups is 4. The minimum atomic E-state index is 0. The van der Waals surface area contributed by atoms with Crippen molar-refractivity contribution in [1.82, 2.24) is 0 Å². The van der Waals surface area contributed by atoms with Crippen LogP contribution in [0.4, 0.5) is 22.7 Å². The van der Waals surface area contributed by atoms with E-state index in [-0.39, 0.29) is 27.3 Å². The minimum Gasteiger partial charge on any atom is -0.411 e. The Hall–Kier alpha value is -1.76. The van der Waals surface area contributed by atoms with Crippen molar-refractivity contribution in [2.45, 2.75) is 27.7 Å². The van der Waals surface area contributed by atoms with E-state index in [1.165, 1.54) is 0 Å². The van der Waals surface area contributed by atoms with Gasteiger partial charge in [-0.25, -0.2) is 0 Å². The Balaban J connectivity index is 0.000000623. The van der Waals surface area contributed by atoms with Gasteiger partial charge in [0.15, 0.2) is 0 Å². The summed E-state index contributed by atoms with van der Waals surface area (Å²) in [5, 5.41) is 0. The second-order valence-corrected chi connectivity index (χ2v) is 13.5. The van der Waals surface area contributed by atoms with Crippen LogP contribution in [0.15, 0.2) is 121 Å². The number of rotatable bonds is 8. The minimum absolute atomic E-state index is 0. The van der Waals surface area contributed by atoms with Crippen molar-refractivity contribution >= 4 is 167 Å². The van der Waals surface area contributed by atoms with Crippen LogP contribution in [0.25, 0.3) is 0 Å². The fourth-order valence-corrected chi connectivity index (χ4v) is 5.98. The summed E-state index contributed by atoms with van der Waals surface area (Å²) in [4.78, 5) is 7.69. The molecule has 0 aliphatic heterocycles. The van der Waals surface area contributed by atoms with Crippen molar-refractivity contribution < 1.29 is 0 Å². The molecule has 0 bridgehead atoms. The van der Waals surface area contributed by atoms with Crippen LogP contribution in [0.3, 0.4) is 0 Å². The van der Waals surface area contributed by atoms with E-state index in [4.69, 9.17) is 99.4 Å². The predicted molar refractivity (Wildman–Crippen MR) is 243 cm³/mol. The third-order valence-corrected chi connectivity index (χ3v) is 8.18.